The van der Waals surface area contributed by atoms with Gasteiger partial charge in [0.1, 0.15) is 6.54 Å². The Labute approximate surface area is 136 Å². The molecule has 6 heteroatoms. The summed E-state index contributed by atoms with van der Waals surface area (Å²) in [6.07, 6.45) is 0.431. The van der Waals surface area contributed by atoms with Crippen LogP contribution in [0.4, 0.5) is 0 Å². The molecule has 0 aliphatic heterocycles. The van der Waals surface area contributed by atoms with Gasteiger partial charge in [0.05, 0.1) is 13.5 Å². The van der Waals surface area contributed by atoms with Crippen LogP contribution in [0, 0.1) is 0 Å². The van der Waals surface area contributed by atoms with Gasteiger partial charge in [-0.1, -0.05) is 30.3 Å². The highest BCUT2D eigenvalue weighted by atomic mass is 16.5. The van der Waals surface area contributed by atoms with E-state index in [0.717, 1.165) is 5.56 Å². The Bertz CT molecular complexity index is 529. The lowest BCUT2D eigenvalue weighted by atomic mass is 10.1. The van der Waals surface area contributed by atoms with Crippen LogP contribution in [-0.4, -0.2) is 48.9 Å². The van der Waals surface area contributed by atoms with Crippen LogP contribution in [0.3, 0.4) is 0 Å². The van der Waals surface area contributed by atoms with Gasteiger partial charge in [-0.05, 0) is 19.4 Å². The number of hydrogen-bond acceptors (Lipinski definition) is 4. The number of rotatable bonds is 8. The van der Waals surface area contributed by atoms with Crippen molar-refractivity contribution in [3.05, 3.63) is 35.9 Å². The van der Waals surface area contributed by atoms with Crippen molar-refractivity contribution in [2.24, 2.45) is 0 Å². The molecule has 0 saturated carbocycles. The summed E-state index contributed by atoms with van der Waals surface area (Å²) in [5, 5.41) is 2.72. The molecule has 1 aromatic carbocycles. The van der Waals surface area contributed by atoms with E-state index in [2.05, 4.69) is 10.1 Å². The van der Waals surface area contributed by atoms with Gasteiger partial charge in [-0.25, -0.2) is 0 Å². The Kier molecular flexibility index (Phi) is 7.80. The number of carbonyl (C=O) groups is 3. The Morgan fingerprint density at radius 1 is 1.17 bits per heavy atom. The smallest absolute Gasteiger partial charge is 0.325 e. The van der Waals surface area contributed by atoms with E-state index in [4.69, 9.17) is 0 Å². The van der Waals surface area contributed by atoms with E-state index in [1.807, 2.05) is 44.2 Å². The number of carbonyl (C=O) groups excluding carboxylic acids is 3. The Hall–Kier alpha value is -2.37. The molecule has 1 rings (SSSR count). The molecule has 0 saturated heterocycles. The summed E-state index contributed by atoms with van der Waals surface area (Å²) < 4.78 is 4.59. The topological polar surface area (TPSA) is 75.7 Å². The first kappa shape index (κ1) is 18.7. The molecule has 1 N–H and O–H groups in total. The van der Waals surface area contributed by atoms with Gasteiger partial charge in [-0.15, -0.1) is 0 Å². The van der Waals surface area contributed by atoms with Crippen molar-refractivity contribution in [2.45, 2.75) is 32.7 Å². The van der Waals surface area contributed by atoms with Gasteiger partial charge in [-0.2, -0.15) is 0 Å². The Morgan fingerprint density at radius 3 is 2.39 bits per heavy atom. The molecule has 0 spiro atoms. The van der Waals surface area contributed by atoms with Crippen LogP contribution in [0.2, 0.25) is 0 Å². The molecule has 0 unspecified atom stereocenters. The van der Waals surface area contributed by atoms with Crippen LogP contribution in [0.25, 0.3) is 0 Å². The van der Waals surface area contributed by atoms with Crippen LogP contribution in [0.1, 0.15) is 25.8 Å². The van der Waals surface area contributed by atoms with E-state index in [9.17, 15) is 14.4 Å². The van der Waals surface area contributed by atoms with E-state index in [1.54, 1.807) is 0 Å². The molecular weight excluding hydrogens is 296 g/mol. The molecule has 0 fully saturated rings. The van der Waals surface area contributed by atoms with Crippen LogP contribution < -0.4 is 5.32 Å². The van der Waals surface area contributed by atoms with Crippen molar-refractivity contribution in [1.29, 1.82) is 0 Å². The lowest BCUT2D eigenvalue weighted by Gasteiger charge is -2.25. The van der Waals surface area contributed by atoms with Gasteiger partial charge in [0, 0.05) is 19.0 Å². The van der Waals surface area contributed by atoms with Crippen molar-refractivity contribution in [3.8, 4) is 0 Å². The fourth-order valence-corrected chi connectivity index (χ4v) is 2.06. The molecule has 0 atom stereocenters. The Morgan fingerprint density at radius 2 is 1.83 bits per heavy atom. The average molecular weight is 320 g/mol. The first-order valence-electron chi connectivity index (χ1n) is 7.61. The van der Waals surface area contributed by atoms with Crippen molar-refractivity contribution in [2.75, 3.05) is 20.2 Å². The molecule has 0 aromatic heterocycles. The van der Waals surface area contributed by atoms with Crippen molar-refractivity contribution >= 4 is 17.8 Å². The highest BCUT2D eigenvalue weighted by Crippen LogP contribution is 2.03. The van der Waals surface area contributed by atoms with Crippen molar-refractivity contribution in [3.63, 3.8) is 0 Å². The number of benzene rings is 1. The fraction of sp³-hybridized carbons (Fsp3) is 0.471. The zero-order valence-electron chi connectivity index (χ0n) is 13.9. The number of amides is 2. The second-order valence-electron chi connectivity index (χ2n) is 5.45. The molecular formula is C17H24N2O4. The molecule has 1 aromatic rings. The highest BCUT2D eigenvalue weighted by molar-refractivity contribution is 5.83. The van der Waals surface area contributed by atoms with Crippen LogP contribution in [0.15, 0.2) is 30.3 Å². The van der Waals surface area contributed by atoms with Crippen LogP contribution >= 0.6 is 0 Å². The summed E-state index contributed by atoms with van der Waals surface area (Å²) >= 11 is 0. The summed E-state index contributed by atoms with van der Waals surface area (Å²) in [7, 11) is 1.29. The van der Waals surface area contributed by atoms with Gasteiger partial charge in [0.25, 0.3) is 0 Å². The number of ether oxygens (including phenoxy) is 1. The van der Waals surface area contributed by atoms with E-state index >= 15 is 0 Å². The minimum atomic E-state index is -0.458. The summed E-state index contributed by atoms with van der Waals surface area (Å²) in [5.74, 6) is -0.779. The molecule has 2 amide bonds. The van der Waals surface area contributed by atoms with E-state index in [0.29, 0.717) is 0 Å². The minimum absolute atomic E-state index is 0.0784. The molecule has 0 aliphatic carbocycles. The lowest BCUT2D eigenvalue weighted by Crippen LogP contribution is -2.42. The maximum absolute atomic E-state index is 12.1. The molecule has 0 bridgehead atoms. The summed E-state index contributed by atoms with van der Waals surface area (Å²) in [6.45, 7) is 3.82. The lowest BCUT2D eigenvalue weighted by molar-refractivity contribution is -0.148. The predicted molar refractivity (Wildman–Crippen MR) is 86.6 cm³/mol. The predicted octanol–water partition coefficient (Wildman–Crippen LogP) is 1.15. The zero-order chi connectivity index (χ0) is 17.2. The number of methoxy groups -OCH3 is 1. The van der Waals surface area contributed by atoms with Gasteiger partial charge >= 0.3 is 5.97 Å². The van der Waals surface area contributed by atoms with Crippen LogP contribution in [0.5, 0.6) is 0 Å². The molecule has 0 radical (unpaired) electrons. The number of nitrogens with one attached hydrogen (secondary N) is 1. The summed E-state index contributed by atoms with van der Waals surface area (Å²) in [5.41, 5.74) is 0.922. The third kappa shape index (κ3) is 6.95. The molecule has 0 aliphatic rings. The van der Waals surface area contributed by atoms with Gasteiger partial charge in [0.2, 0.25) is 11.8 Å². The number of hydrogen-bond donors (Lipinski definition) is 1. The monoisotopic (exact) mass is 320 g/mol. The number of nitrogens with zero attached hydrogens (tertiary/aromatic N) is 1. The third-order valence-electron chi connectivity index (χ3n) is 3.34. The average Bonchev–Trinajstić information content (AvgIpc) is 2.52. The van der Waals surface area contributed by atoms with Crippen molar-refractivity contribution in [1.82, 2.24) is 10.2 Å². The molecule has 6 nitrogen and oxygen atoms in total. The largest absolute Gasteiger partial charge is 0.468 e. The van der Waals surface area contributed by atoms with E-state index in [1.165, 1.54) is 12.0 Å². The first-order chi connectivity index (χ1) is 10.9. The standard InChI is InChI=1S/C17H24N2O4/c1-13(2)19(12-17(22)23-3)16(21)9-10-18-15(20)11-14-7-5-4-6-8-14/h4-8,13H,9-12H2,1-3H3,(H,18,20). The van der Waals surface area contributed by atoms with Crippen LogP contribution in [-0.2, 0) is 25.5 Å². The van der Waals surface area contributed by atoms with E-state index in [-0.39, 0.29) is 43.8 Å². The highest BCUT2D eigenvalue weighted by Gasteiger charge is 2.20. The van der Waals surface area contributed by atoms with Gasteiger partial charge in [-0.3, -0.25) is 14.4 Å². The fourth-order valence-electron chi connectivity index (χ4n) is 2.06. The minimum Gasteiger partial charge on any atom is -0.468 e. The number of esters is 1. The normalized spacial score (nSPS) is 10.3. The second-order valence-corrected chi connectivity index (χ2v) is 5.45. The summed E-state index contributed by atoms with van der Waals surface area (Å²) in [6, 6.07) is 9.28. The first-order valence-corrected chi connectivity index (χ1v) is 7.61. The van der Waals surface area contributed by atoms with Gasteiger partial charge in [0.15, 0.2) is 0 Å². The van der Waals surface area contributed by atoms with E-state index < -0.39 is 5.97 Å². The maximum Gasteiger partial charge on any atom is 0.325 e. The summed E-state index contributed by atoms with van der Waals surface area (Å²) in [4.78, 5) is 36.7. The zero-order valence-corrected chi connectivity index (χ0v) is 13.9. The SMILES string of the molecule is COC(=O)CN(C(=O)CCNC(=O)Cc1ccccc1)C(C)C. The Balaban J connectivity index is 2.39. The quantitative estimate of drug-likeness (QED) is 0.729. The third-order valence-corrected chi connectivity index (χ3v) is 3.34. The molecule has 23 heavy (non-hydrogen) atoms. The van der Waals surface area contributed by atoms with Gasteiger partial charge < -0.3 is 15.0 Å². The van der Waals surface area contributed by atoms with Crippen molar-refractivity contribution < 1.29 is 19.1 Å². The maximum atomic E-state index is 12.1. The molecule has 126 valence electrons. The second kappa shape index (κ2) is 9.61. The molecule has 0 heterocycles.